The summed E-state index contributed by atoms with van der Waals surface area (Å²) in [5.74, 6) is 2.46. The molecule has 0 amide bonds. The average Bonchev–Trinajstić information content (AvgIpc) is 3.15. The highest BCUT2D eigenvalue weighted by atomic mass is 31.0. The van der Waals surface area contributed by atoms with Crippen LogP contribution >= 0.6 is 9.24 Å². The molecular formula is C24H26N9P. The average molecular weight is 472 g/mol. The van der Waals surface area contributed by atoms with Crippen LogP contribution in [-0.4, -0.2) is 42.6 Å². The highest BCUT2D eigenvalue weighted by molar-refractivity contribution is 7.27. The second kappa shape index (κ2) is 9.29. The van der Waals surface area contributed by atoms with Gasteiger partial charge < -0.3 is 16.4 Å². The first-order valence-electron chi connectivity index (χ1n) is 11.0. The summed E-state index contributed by atoms with van der Waals surface area (Å²) >= 11 is 0. The van der Waals surface area contributed by atoms with Crippen LogP contribution in [0.25, 0.3) is 28.7 Å². The van der Waals surface area contributed by atoms with Gasteiger partial charge in [0.05, 0.1) is 5.35 Å². The topological polar surface area (TPSA) is 119 Å². The molecule has 4 aromatic heterocycles. The van der Waals surface area contributed by atoms with Crippen LogP contribution in [0.1, 0.15) is 19.8 Å². The molecule has 10 heteroatoms. The Morgan fingerprint density at radius 2 is 2.09 bits per heavy atom. The Morgan fingerprint density at radius 1 is 1.21 bits per heavy atom. The van der Waals surface area contributed by atoms with Crippen LogP contribution in [-0.2, 0) is 0 Å². The Hall–Kier alpha value is -3.68. The minimum Gasteiger partial charge on any atom is -0.368 e. The van der Waals surface area contributed by atoms with Crippen molar-refractivity contribution in [1.82, 2.24) is 29.5 Å². The van der Waals surface area contributed by atoms with Crippen LogP contribution in [0.5, 0.6) is 0 Å². The zero-order valence-electron chi connectivity index (χ0n) is 18.9. The van der Waals surface area contributed by atoms with E-state index < -0.39 is 0 Å². The van der Waals surface area contributed by atoms with E-state index in [9.17, 15) is 0 Å². The lowest BCUT2D eigenvalue weighted by molar-refractivity contribution is 0.969. The first-order valence-corrected chi connectivity index (χ1v) is 11.6. The highest BCUT2D eigenvalue weighted by Gasteiger charge is 2.13. The molecule has 0 radical (unpaired) electrons. The quantitative estimate of drug-likeness (QED) is 0.286. The van der Waals surface area contributed by atoms with E-state index in [1.807, 2.05) is 30.5 Å². The Morgan fingerprint density at radius 3 is 2.94 bits per heavy atom. The molecule has 0 saturated carbocycles. The summed E-state index contributed by atoms with van der Waals surface area (Å²) in [7, 11) is 2.65. The molecule has 4 N–H and O–H groups in total. The molecule has 1 unspecified atom stereocenters. The molecule has 0 fully saturated rings. The molecule has 9 nitrogen and oxygen atoms in total. The van der Waals surface area contributed by atoms with Crippen molar-refractivity contribution in [3.05, 3.63) is 59.4 Å². The second-order valence-electron chi connectivity index (χ2n) is 8.24. The first kappa shape index (κ1) is 22.1. The number of hydrogen-bond donors (Lipinski definition) is 3. The monoisotopic (exact) mass is 471 g/mol. The first-order chi connectivity index (χ1) is 16.5. The van der Waals surface area contributed by atoms with Gasteiger partial charge in [-0.05, 0) is 49.3 Å². The predicted molar refractivity (Wildman–Crippen MR) is 140 cm³/mol. The molecule has 0 bridgehead atoms. The van der Waals surface area contributed by atoms with Crippen molar-refractivity contribution in [3.63, 3.8) is 0 Å². The standard InChI is InChI=1S/C24H26N9P/c1-14-3-5-18-21(15(2)11-14)23(27-10-8-25)31-22(28-18)16-7-9-26-19(12-16)29-24-30-20-6-4-17(34)13-33(20)32-24/h4-7,9,12-13H,1,3,8,10-11,25,34H2,2H3,(H,26,29,32)(H,27,28,31). The van der Waals surface area contributed by atoms with Gasteiger partial charge in [0.1, 0.15) is 11.6 Å². The molecule has 4 heterocycles. The summed E-state index contributed by atoms with van der Waals surface area (Å²) in [6.07, 6.45) is 7.36. The van der Waals surface area contributed by atoms with E-state index in [2.05, 4.69) is 54.5 Å². The second-order valence-corrected chi connectivity index (χ2v) is 8.91. The molecule has 5 rings (SSSR count). The van der Waals surface area contributed by atoms with Crippen molar-refractivity contribution in [2.24, 2.45) is 5.73 Å². The van der Waals surface area contributed by atoms with E-state index in [1.165, 1.54) is 5.57 Å². The zero-order valence-corrected chi connectivity index (χ0v) is 20.1. The summed E-state index contributed by atoms with van der Waals surface area (Å²) < 4.78 is 1.72. The molecule has 1 aliphatic carbocycles. The van der Waals surface area contributed by atoms with E-state index in [0.717, 1.165) is 51.3 Å². The van der Waals surface area contributed by atoms with Crippen molar-refractivity contribution < 1.29 is 0 Å². The van der Waals surface area contributed by atoms with E-state index >= 15 is 0 Å². The van der Waals surface area contributed by atoms with Gasteiger partial charge in [0.2, 0.25) is 5.95 Å². The molecule has 0 spiro atoms. The van der Waals surface area contributed by atoms with Crippen molar-refractivity contribution in [3.8, 4) is 11.4 Å². The maximum Gasteiger partial charge on any atom is 0.248 e. The molecule has 0 saturated heterocycles. The zero-order chi connectivity index (χ0) is 23.7. The molecule has 1 aliphatic rings. The Kier molecular flexibility index (Phi) is 6.04. The van der Waals surface area contributed by atoms with Crippen LogP contribution in [0.2, 0.25) is 0 Å². The fraction of sp³-hybridized carbons (Fsp3) is 0.208. The summed E-state index contributed by atoms with van der Waals surface area (Å²) in [4.78, 5) is 18.7. The normalized spacial score (nSPS) is 13.4. The van der Waals surface area contributed by atoms with Gasteiger partial charge in [-0.3, -0.25) is 0 Å². The number of nitrogens with one attached hydrogen (secondary N) is 2. The molecule has 1 atom stereocenters. The van der Waals surface area contributed by atoms with Crippen LogP contribution < -0.4 is 32.2 Å². The number of nitrogens with two attached hydrogens (primary N) is 1. The minimum atomic E-state index is 0.463. The fourth-order valence-electron chi connectivity index (χ4n) is 3.98. The summed E-state index contributed by atoms with van der Waals surface area (Å²) in [5.41, 5.74) is 9.69. The maximum absolute atomic E-state index is 5.75. The number of rotatable bonds is 6. The molecule has 0 aliphatic heterocycles. The van der Waals surface area contributed by atoms with Gasteiger partial charge in [-0.1, -0.05) is 23.8 Å². The molecular weight excluding hydrogens is 445 g/mol. The van der Waals surface area contributed by atoms with E-state index in [-0.39, 0.29) is 0 Å². The summed E-state index contributed by atoms with van der Waals surface area (Å²) in [5, 5.41) is 14.0. The molecule has 34 heavy (non-hydrogen) atoms. The van der Waals surface area contributed by atoms with E-state index in [4.69, 9.17) is 15.7 Å². The lowest BCUT2D eigenvalue weighted by Crippen LogP contribution is -2.35. The number of allylic oxidation sites excluding steroid dienone is 1. The van der Waals surface area contributed by atoms with Crippen molar-refractivity contribution >= 4 is 49.4 Å². The number of nitrogens with zero attached hydrogens (tertiary/aromatic N) is 6. The fourth-order valence-corrected chi connectivity index (χ4v) is 4.21. The molecule has 4 aromatic rings. The Bertz CT molecular complexity index is 1520. The van der Waals surface area contributed by atoms with Gasteiger partial charge >= 0.3 is 0 Å². The maximum atomic E-state index is 5.75. The third kappa shape index (κ3) is 4.53. The molecule has 172 valence electrons. The number of pyridine rings is 2. The number of aromatic nitrogens is 6. The van der Waals surface area contributed by atoms with Gasteiger partial charge in [-0.25, -0.2) is 19.5 Å². The van der Waals surface area contributed by atoms with Crippen molar-refractivity contribution in [2.45, 2.75) is 19.8 Å². The number of fused-ring (bicyclic) bond motifs is 2. The smallest absolute Gasteiger partial charge is 0.248 e. The number of anilines is 3. The van der Waals surface area contributed by atoms with Gasteiger partial charge in [0.25, 0.3) is 0 Å². The Labute approximate surface area is 199 Å². The minimum absolute atomic E-state index is 0.463. The van der Waals surface area contributed by atoms with Crippen LogP contribution in [0.4, 0.5) is 17.6 Å². The van der Waals surface area contributed by atoms with Gasteiger partial charge in [-0.2, -0.15) is 4.98 Å². The van der Waals surface area contributed by atoms with E-state index in [1.54, 1.807) is 10.7 Å². The van der Waals surface area contributed by atoms with Gasteiger partial charge in [0, 0.05) is 36.3 Å². The SMILES string of the molecule is C=C1CC=c2nc(-c3ccnc(Nc4nc5ccc(P)cn5n4)c3)nc(NCCN)c2=C(C)C1. The van der Waals surface area contributed by atoms with Crippen molar-refractivity contribution in [1.29, 1.82) is 0 Å². The lowest BCUT2D eigenvalue weighted by atomic mass is 10.1. The van der Waals surface area contributed by atoms with E-state index in [0.29, 0.717) is 30.7 Å². The lowest BCUT2D eigenvalue weighted by Gasteiger charge is -2.10. The molecule has 0 aromatic carbocycles. The third-order valence-electron chi connectivity index (χ3n) is 5.51. The van der Waals surface area contributed by atoms with Crippen molar-refractivity contribution in [2.75, 3.05) is 23.7 Å². The predicted octanol–water partition coefficient (Wildman–Crippen LogP) is 1.50. The summed E-state index contributed by atoms with van der Waals surface area (Å²) in [6.45, 7) is 7.42. The van der Waals surface area contributed by atoms with Crippen LogP contribution in [0.3, 0.4) is 0 Å². The largest absolute Gasteiger partial charge is 0.368 e. The highest BCUT2D eigenvalue weighted by Crippen LogP contribution is 2.21. The number of hydrogen-bond acceptors (Lipinski definition) is 8. The van der Waals surface area contributed by atoms with Crippen LogP contribution in [0, 0.1) is 0 Å². The summed E-state index contributed by atoms with van der Waals surface area (Å²) in [6, 6.07) is 7.67. The van der Waals surface area contributed by atoms with Gasteiger partial charge in [0.15, 0.2) is 11.5 Å². The third-order valence-corrected chi connectivity index (χ3v) is 5.85. The van der Waals surface area contributed by atoms with Gasteiger partial charge in [-0.15, -0.1) is 14.3 Å². The Balaban J connectivity index is 1.54. The van der Waals surface area contributed by atoms with Crippen LogP contribution in [0.15, 0.2) is 48.8 Å².